The average molecular weight is 239 g/mol. The third-order valence-corrected chi connectivity index (χ3v) is 4.69. The second kappa shape index (κ2) is 4.89. The summed E-state index contributed by atoms with van der Waals surface area (Å²) in [4.78, 5) is 10.4. The van der Waals surface area contributed by atoms with Gasteiger partial charge in [0, 0.05) is 5.19 Å². The largest absolute Gasteiger partial charge is 0.493 e. The molecule has 0 aliphatic rings. The summed E-state index contributed by atoms with van der Waals surface area (Å²) in [6.07, 6.45) is 0. The smallest absolute Gasteiger partial charge is 0.252 e. The molecule has 4 heteroatoms. The Morgan fingerprint density at radius 1 is 1.12 bits per heavy atom. The van der Waals surface area contributed by atoms with Crippen LogP contribution in [0.1, 0.15) is 20.8 Å². The summed E-state index contributed by atoms with van der Waals surface area (Å²) in [5.74, 6) is 1.32. The first kappa shape index (κ1) is 13.1. The quantitative estimate of drug-likeness (QED) is 0.816. The predicted octanol–water partition coefficient (Wildman–Crippen LogP) is 1.69. The average Bonchev–Trinajstić information content (AvgIpc) is 2.25. The molecular formula is C12H19O3Si. The lowest BCUT2D eigenvalue weighted by Gasteiger charge is -2.25. The van der Waals surface area contributed by atoms with E-state index in [1.165, 1.54) is 0 Å². The number of hydrogen-bond acceptors (Lipinski definition) is 3. The van der Waals surface area contributed by atoms with Gasteiger partial charge < -0.3 is 14.3 Å². The monoisotopic (exact) mass is 239 g/mol. The lowest BCUT2D eigenvalue weighted by atomic mass is 10.2. The summed E-state index contributed by atoms with van der Waals surface area (Å²) in [7, 11) is 1.53. The number of ether oxygens (including phenoxy) is 2. The molecule has 0 spiro atoms. The van der Waals surface area contributed by atoms with Gasteiger partial charge in [-0.15, -0.1) is 0 Å². The molecule has 0 saturated carbocycles. The second-order valence-electron chi connectivity index (χ2n) is 4.64. The van der Waals surface area contributed by atoms with Crippen molar-refractivity contribution in [2.75, 3.05) is 14.2 Å². The highest BCUT2D eigenvalue weighted by Gasteiger charge is 2.31. The number of hydrogen-bond donors (Lipinski definition) is 1. The van der Waals surface area contributed by atoms with Crippen molar-refractivity contribution < 1.29 is 14.3 Å². The van der Waals surface area contributed by atoms with Crippen LogP contribution in [0.2, 0.25) is 5.04 Å². The van der Waals surface area contributed by atoms with Gasteiger partial charge in [0.2, 0.25) is 0 Å². The zero-order valence-corrected chi connectivity index (χ0v) is 11.5. The van der Waals surface area contributed by atoms with Crippen molar-refractivity contribution >= 4 is 14.2 Å². The Morgan fingerprint density at radius 3 is 2.19 bits per heavy atom. The minimum Gasteiger partial charge on any atom is -0.493 e. The van der Waals surface area contributed by atoms with Crippen molar-refractivity contribution in [3.05, 3.63) is 18.2 Å². The van der Waals surface area contributed by atoms with E-state index >= 15 is 0 Å². The standard InChI is InChI=1S/C12H19O3Si/c1-12(2,3)16(13)10-8-6-7-9(14-4)11(10)15-5/h6-8,13H,1-5H3. The minimum atomic E-state index is -1.66. The Kier molecular flexibility index (Phi) is 3.99. The minimum absolute atomic E-state index is 0.135. The predicted molar refractivity (Wildman–Crippen MR) is 66.9 cm³/mol. The van der Waals surface area contributed by atoms with Crippen molar-refractivity contribution in [2.45, 2.75) is 25.8 Å². The van der Waals surface area contributed by atoms with Crippen LogP contribution in [0.5, 0.6) is 11.5 Å². The molecule has 0 unspecified atom stereocenters. The maximum Gasteiger partial charge on any atom is 0.252 e. The van der Waals surface area contributed by atoms with E-state index < -0.39 is 9.04 Å². The van der Waals surface area contributed by atoms with Crippen molar-refractivity contribution in [1.29, 1.82) is 0 Å². The zero-order valence-electron chi connectivity index (χ0n) is 10.5. The molecule has 3 nitrogen and oxygen atoms in total. The number of para-hydroxylation sites is 1. The van der Waals surface area contributed by atoms with Crippen molar-refractivity contribution in [2.24, 2.45) is 0 Å². The third-order valence-electron chi connectivity index (χ3n) is 2.37. The van der Waals surface area contributed by atoms with Crippen molar-refractivity contribution in [1.82, 2.24) is 0 Å². The molecule has 89 valence electrons. The van der Waals surface area contributed by atoms with Crippen LogP contribution in [-0.2, 0) is 0 Å². The van der Waals surface area contributed by atoms with Gasteiger partial charge in [0.1, 0.15) is 0 Å². The maximum absolute atomic E-state index is 10.4. The molecule has 0 bridgehead atoms. The van der Waals surface area contributed by atoms with Crippen LogP contribution in [0.25, 0.3) is 0 Å². The van der Waals surface area contributed by atoms with Gasteiger partial charge in [0.05, 0.1) is 14.2 Å². The fourth-order valence-electron chi connectivity index (χ4n) is 1.48. The zero-order chi connectivity index (χ0) is 12.3. The summed E-state index contributed by atoms with van der Waals surface area (Å²) >= 11 is 0. The van der Waals surface area contributed by atoms with E-state index in [0.29, 0.717) is 11.5 Å². The van der Waals surface area contributed by atoms with Crippen LogP contribution >= 0.6 is 0 Å². The topological polar surface area (TPSA) is 38.7 Å². The van der Waals surface area contributed by atoms with Crippen LogP contribution in [-0.4, -0.2) is 28.1 Å². The van der Waals surface area contributed by atoms with E-state index in [0.717, 1.165) is 5.19 Å². The Hall–Kier alpha value is -1.00. The Labute approximate surface area is 98.7 Å². The molecule has 0 fully saturated rings. The molecule has 0 amide bonds. The molecule has 0 aromatic heterocycles. The summed E-state index contributed by atoms with van der Waals surface area (Å²) in [6.45, 7) is 6.08. The summed E-state index contributed by atoms with van der Waals surface area (Å²) < 4.78 is 10.5. The first-order valence-electron chi connectivity index (χ1n) is 5.19. The molecular weight excluding hydrogens is 220 g/mol. The summed E-state index contributed by atoms with van der Waals surface area (Å²) in [6, 6.07) is 5.62. The van der Waals surface area contributed by atoms with Gasteiger partial charge in [-0.25, -0.2) is 0 Å². The fraction of sp³-hybridized carbons (Fsp3) is 0.500. The van der Waals surface area contributed by atoms with E-state index in [-0.39, 0.29) is 5.04 Å². The van der Waals surface area contributed by atoms with E-state index in [9.17, 15) is 4.80 Å². The molecule has 0 heterocycles. The second-order valence-corrected chi connectivity index (χ2v) is 7.38. The molecule has 1 radical (unpaired) electrons. The maximum atomic E-state index is 10.4. The Balaban J connectivity index is 3.23. The number of methoxy groups -OCH3 is 2. The number of rotatable bonds is 3. The van der Waals surface area contributed by atoms with Gasteiger partial charge in [0.25, 0.3) is 9.04 Å². The lowest BCUT2D eigenvalue weighted by molar-refractivity contribution is 0.356. The lowest BCUT2D eigenvalue weighted by Crippen LogP contribution is -2.39. The van der Waals surface area contributed by atoms with E-state index in [2.05, 4.69) is 0 Å². The van der Waals surface area contributed by atoms with E-state index in [4.69, 9.17) is 9.47 Å². The molecule has 0 atom stereocenters. The van der Waals surface area contributed by atoms with E-state index in [1.54, 1.807) is 14.2 Å². The number of benzene rings is 1. The van der Waals surface area contributed by atoms with Gasteiger partial charge in [-0.2, -0.15) is 0 Å². The van der Waals surface area contributed by atoms with Crippen LogP contribution in [0.4, 0.5) is 0 Å². The van der Waals surface area contributed by atoms with Crippen LogP contribution < -0.4 is 14.7 Å². The van der Waals surface area contributed by atoms with Crippen LogP contribution in [0, 0.1) is 0 Å². The molecule has 0 saturated heterocycles. The first-order chi connectivity index (χ1) is 7.41. The Morgan fingerprint density at radius 2 is 1.75 bits per heavy atom. The fourth-order valence-corrected chi connectivity index (χ4v) is 2.98. The third kappa shape index (κ3) is 2.57. The van der Waals surface area contributed by atoms with Crippen molar-refractivity contribution in [3.63, 3.8) is 0 Å². The SMILES string of the molecule is COc1cccc([Si](O)C(C)(C)C)c1OC. The molecule has 1 rings (SSSR count). The highest BCUT2D eigenvalue weighted by molar-refractivity contribution is 6.70. The van der Waals surface area contributed by atoms with Gasteiger partial charge in [-0.05, 0) is 11.1 Å². The van der Waals surface area contributed by atoms with Crippen LogP contribution in [0.15, 0.2) is 18.2 Å². The highest BCUT2D eigenvalue weighted by Crippen LogP contribution is 2.30. The van der Waals surface area contributed by atoms with Crippen molar-refractivity contribution in [3.8, 4) is 11.5 Å². The molecule has 1 aromatic carbocycles. The van der Waals surface area contributed by atoms with Crippen LogP contribution in [0.3, 0.4) is 0 Å². The molecule has 0 aliphatic heterocycles. The molecule has 0 aliphatic carbocycles. The van der Waals surface area contributed by atoms with Gasteiger partial charge in [-0.1, -0.05) is 32.9 Å². The molecule has 1 N–H and O–H groups in total. The molecule has 16 heavy (non-hydrogen) atoms. The summed E-state index contributed by atoms with van der Waals surface area (Å²) in [5.41, 5.74) is 0. The first-order valence-corrected chi connectivity index (χ1v) is 6.64. The molecule has 1 aromatic rings. The van der Waals surface area contributed by atoms with Gasteiger partial charge >= 0.3 is 0 Å². The van der Waals surface area contributed by atoms with Gasteiger partial charge in [0.15, 0.2) is 11.5 Å². The van der Waals surface area contributed by atoms with Gasteiger partial charge in [-0.3, -0.25) is 0 Å². The summed E-state index contributed by atoms with van der Waals surface area (Å²) in [5, 5.41) is 0.726. The Bertz CT molecular complexity index is 358. The highest BCUT2D eigenvalue weighted by atomic mass is 28.3. The normalized spacial score (nSPS) is 11.7. The van der Waals surface area contributed by atoms with E-state index in [1.807, 2.05) is 39.0 Å².